The molecule has 0 aliphatic carbocycles. The molecular formula is C16H18N4O2. The van der Waals surface area contributed by atoms with Crippen molar-refractivity contribution in [2.75, 3.05) is 13.1 Å². The standard InChI is InChI=1S/C16H18N4O2/c17-8-11-7-12(10-19-9-11)13-1-2-14-20(13)15(21)16(22-14)3-5-18-6-4-16/h7,9-10,13-14,18H,1-6H2/t13-,14?/m0/s1. The van der Waals surface area contributed by atoms with Crippen LogP contribution in [0.4, 0.5) is 0 Å². The maximum Gasteiger partial charge on any atom is 0.257 e. The lowest BCUT2D eigenvalue weighted by Gasteiger charge is -2.32. The fourth-order valence-electron chi connectivity index (χ4n) is 3.90. The molecule has 1 spiro atoms. The van der Waals surface area contributed by atoms with Crippen molar-refractivity contribution in [2.24, 2.45) is 0 Å². The first-order chi connectivity index (χ1) is 10.7. The molecule has 3 fully saturated rings. The molecule has 1 aromatic rings. The Morgan fingerprint density at radius 3 is 2.95 bits per heavy atom. The van der Waals surface area contributed by atoms with Gasteiger partial charge in [-0.25, -0.2) is 0 Å². The van der Waals surface area contributed by atoms with Crippen LogP contribution in [-0.2, 0) is 9.53 Å². The van der Waals surface area contributed by atoms with Crippen molar-refractivity contribution in [3.8, 4) is 6.07 Å². The molecule has 6 nitrogen and oxygen atoms in total. The van der Waals surface area contributed by atoms with Crippen LogP contribution in [0.1, 0.15) is 42.9 Å². The van der Waals surface area contributed by atoms with Gasteiger partial charge in [0.25, 0.3) is 5.91 Å². The summed E-state index contributed by atoms with van der Waals surface area (Å²) in [4.78, 5) is 19.0. The molecule has 3 saturated heterocycles. The smallest absolute Gasteiger partial charge is 0.257 e. The molecule has 0 aromatic carbocycles. The summed E-state index contributed by atoms with van der Waals surface area (Å²) in [5.41, 5.74) is 0.837. The Morgan fingerprint density at radius 2 is 2.18 bits per heavy atom. The summed E-state index contributed by atoms with van der Waals surface area (Å²) in [6.07, 6.45) is 6.37. The van der Waals surface area contributed by atoms with Crippen LogP contribution in [0.25, 0.3) is 0 Å². The number of piperidine rings is 1. The van der Waals surface area contributed by atoms with Crippen LogP contribution >= 0.6 is 0 Å². The highest BCUT2D eigenvalue weighted by Crippen LogP contribution is 2.46. The zero-order valence-corrected chi connectivity index (χ0v) is 12.3. The van der Waals surface area contributed by atoms with Gasteiger partial charge in [-0.05, 0) is 50.4 Å². The van der Waals surface area contributed by atoms with Gasteiger partial charge in [0, 0.05) is 12.4 Å². The molecule has 3 aliphatic rings. The van der Waals surface area contributed by atoms with Crippen molar-refractivity contribution >= 4 is 5.91 Å². The van der Waals surface area contributed by atoms with Crippen LogP contribution in [0.2, 0.25) is 0 Å². The zero-order valence-electron chi connectivity index (χ0n) is 12.3. The van der Waals surface area contributed by atoms with Crippen molar-refractivity contribution in [2.45, 2.75) is 43.6 Å². The first-order valence-corrected chi connectivity index (χ1v) is 7.80. The number of fused-ring (bicyclic) bond motifs is 1. The first-order valence-electron chi connectivity index (χ1n) is 7.80. The number of aromatic nitrogens is 1. The highest BCUT2D eigenvalue weighted by Gasteiger charge is 2.57. The number of hydrogen-bond acceptors (Lipinski definition) is 5. The lowest BCUT2D eigenvalue weighted by atomic mass is 9.90. The van der Waals surface area contributed by atoms with E-state index in [4.69, 9.17) is 10.00 Å². The molecule has 0 bridgehead atoms. The van der Waals surface area contributed by atoms with E-state index in [1.54, 1.807) is 12.4 Å². The lowest BCUT2D eigenvalue weighted by Crippen LogP contribution is -2.49. The highest BCUT2D eigenvalue weighted by atomic mass is 16.6. The second-order valence-electron chi connectivity index (χ2n) is 6.24. The second kappa shape index (κ2) is 5.04. The van der Waals surface area contributed by atoms with E-state index in [0.29, 0.717) is 5.56 Å². The Bertz CT molecular complexity index is 648. The topological polar surface area (TPSA) is 78.2 Å². The van der Waals surface area contributed by atoms with Crippen LogP contribution in [0.15, 0.2) is 18.5 Å². The molecule has 3 aliphatic heterocycles. The molecule has 1 aromatic heterocycles. The maximum absolute atomic E-state index is 13.0. The SMILES string of the molecule is N#Cc1cncc([C@@H]2CCC3OC4(CCNCC4)C(=O)N32)c1. The fraction of sp³-hybridized carbons (Fsp3) is 0.562. The minimum absolute atomic E-state index is 0.0208. The van der Waals surface area contributed by atoms with Gasteiger partial charge in [0.1, 0.15) is 12.3 Å². The number of nitriles is 1. The van der Waals surface area contributed by atoms with E-state index in [-0.39, 0.29) is 18.2 Å². The van der Waals surface area contributed by atoms with E-state index in [0.717, 1.165) is 44.3 Å². The van der Waals surface area contributed by atoms with Crippen molar-refractivity contribution in [1.29, 1.82) is 5.26 Å². The number of pyridine rings is 1. The van der Waals surface area contributed by atoms with Crippen LogP contribution in [0.3, 0.4) is 0 Å². The second-order valence-corrected chi connectivity index (χ2v) is 6.24. The van der Waals surface area contributed by atoms with E-state index < -0.39 is 5.60 Å². The summed E-state index contributed by atoms with van der Waals surface area (Å²) in [5.74, 6) is 0.115. The van der Waals surface area contributed by atoms with E-state index in [1.807, 2.05) is 11.0 Å². The number of hydrogen-bond donors (Lipinski definition) is 1. The van der Waals surface area contributed by atoms with Gasteiger partial charge in [0.15, 0.2) is 5.60 Å². The molecule has 6 heteroatoms. The van der Waals surface area contributed by atoms with Crippen LogP contribution in [0, 0.1) is 11.3 Å². The summed E-state index contributed by atoms with van der Waals surface area (Å²) in [6, 6.07) is 3.93. The Labute approximate surface area is 129 Å². The minimum atomic E-state index is -0.630. The van der Waals surface area contributed by atoms with Crippen LogP contribution < -0.4 is 5.32 Å². The van der Waals surface area contributed by atoms with Crippen LogP contribution in [-0.4, -0.2) is 40.7 Å². The largest absolute Gasteiger partial charge is 0.342 e. The molecule has 2 atom stereocenters. The Morgan fingerprint density at radius 1 is 1.36 bits per heavy atom. The van der Waals surface area contributed by atoms with Gasteiger partial charge in [-0.2, -0.15) is 5.26 Å². The molecule has 4 rings (SSSR count). The fourth-order valence-corrected chi connectivity index (χ4v) is 3.90. The number of nitrogens with zero attached hydrogens (tertiary/aromatic N) is 3. The Hall–Kier alpha value is -1.97. The van der Waals surface area contributed by atoms with E-state index >= 15 is 0 Å². The summed E-state index contributed by atoms with van der Waals surface area (Å²) >= 11 is 0. The monoisotopic (exact) mass is 298 g/mol. The molecule has 1 unspecified atom stereocenters. The number of carbonyl (C=O) groups is 1. The molecule has 0 radical (unpaired) electrons. The number of amides is 1. The van der Waals surface area contributed by atoms with E-state index in [1.165, 1.54) is 0 Å². The van der Waals surface area contributed by atoms with Gasteiger partial charge >= 0.3 is 0 Å². The molecule has 22 heavy (non-hydrogen) atoms. The molecule has 1 N–H and O–H groups in total. The van der Waals surface area contributed by atoms with E-state index in [9.17, 15) is 4.79 Å². The summed E-state index contributed by atoms with van der Waals surface area (Å²) in [7, 11) is 0. The van der Waals surface area contributed by atoms with Gasteiger partial charge in [-0.1, -0.05) is 0 Å². The quantitative estimate of drug-likeness (QED) is 0.840. The third-order valence-corrected chi connectivity index (χ3v) is 5.00. The molecule has 114 valence electrons. The van der Waals surface area contributed by atoms with Gasteiger partial charge in [-0.3, -0.25) is 9.78 Å². The Kier molecular flexibility index (Phi) is 3.13. The van der Waals surface area contributed by atoms with Gasteiger partial charge in [0.2, 0.25) is 0 Å². The molecular weight excluding hydrogens is 280 g/mol. The lowest BCUT2D eigenvalue weighted by molar-refractivity contribution is -0.140. The van der Waals surface area contributed by atoms with Crippen molar-refractivity contribution in [3.63, 3.8) is 0 Å². The van der Waals surface area contributed by atoms with Crippen molar-refractivity contribution in [3.05, 3.63) is 29.6 Å². The van der Waals surface area contributed by atoms with Gasteiger partial charge < -0.3 is 15.0 Å². The zero-order chi connectivity index (χ0) is 15.2. The number of carbonyl (C=O) groups excluding carboxylic acids is 1. The average molecular weight is 298 g/mol. The summed E-state index contributed by atoms with van der Waals surface area (Å²) in [5, 5.41) is 12.3. The number of rotatable bonds is 1. The normalized spacial score (nSPS) is 29.6. The first kappa shape index (κ1) is 13.7. The van der Waals surface area contributed by atoms with E-state index in [2.05, 4.69) is 16.4 Å². The summed E-state index contributed by atoms with van der Waals surface area (Å²) in [6.45, 7) is 1.64. The van der Waals surface area contributed by atoms with Gasteiger partial charge in [-0.15, -0.1) is 0 Å². The molecule has 0 saturated carbocycles. The Balaban J connectivity index is 1.64. The average Bonchev–Trinajstić information content (AvgIpc) is 3.08. The number of nitrogens with one attached hydrogen (secondary N) is 1. The molecule has 1 amide bonds. The van der Waals surface area contributed by atoms with Crippen molar-refractivity contribution in [1.82, 2.24) is 15.2 Å². The number of ether oxygens (including phenoxy) is 1. The van der Waals surface area contributed by atoms with Crippen molar-refractivity contribution < 1.29 is 9.53 Å². The maximum atomic E-state index is 13.0. The minimum Gasteiger partial charge on any atom is -0.342 e. The highest BCUT2D eigenvalue weighted by molar-refractivity contribution is 5.88. The third kappa shape index (κ3) is 1.93. The predicted octanol–water partition coefficient (Wildman–Crippen LogP) is 1.10. The predicted molar refractivity (Wildman–Crippen MR) is 77.5 cm³/mol. The molecule has 4 heterocycles. The third-order valence-electron chi connectivity index (χ3n) is 5.00. The summed E-state index contributed by atoms with van der Waals surface area (Å²) < 4.78 is 6.19. The van der Waals surface area contributed by atoms with Crippen LogP contribution in [0.5, 0.6) is 0 Å². The van der Waals surface area contributed by atoms with Gasteiger partial charge in [0.05, 0.1) is 11.6 Å².